The Morgan fingerprint density at radius 3 is 2.57 bits per heavy atom. The van der Waals surface area contributed by atoms with Crippen LogP contribution < -0.4 is 5.32 Å². The molecule has 1 N–H and O–H groups in total. The van der Waals surface area contributed by atoms with Crippen molar-refractivity contribution in [3.8, 4) is 22.8 Å². The van der Waals surface area contributed by atoms with Gasteiger partial charge in [0.1, 0.15) is 0 Å². The van der Waals surface area contributed by atoms with Crippen molar-refractivity contribution < 1.29 is 4.52 Å². The highest BCUT2D eigenvalue weighted by molar-refractivity contribution is 6.30. The van der Waals surface area contributed by atoms with E-state index in [-0.39, 0.29) is 0 Å². The molecule has 1 aliphatic rings. The van der Waals surface area contributed by atoms with E-state index in [0.717, 1.165) is 24.2 Å². The van der Waals surface area contributed by atoms with Crippen LogP contribution in [0.3, 0.4) is 0 Å². The first-order valence-corrected chi connectivity index (χ1v) is 7.10. The minimum Gasteiger partial charge on any atom is -0.334 e. The Kier molecular flexibility index (Phi) is 2.98. The second kappa shape index (κ2) is 4.98. The standard InChI is InChI=1S/C16H12ClN3O/c17-14-5-3-10(4-6-14)15-19-16(21-20-15)11-1-2-12-8-18-9-13(12)7-11/h1-7,18H,8-9H2. The number of hydrogen-bond acceptors (Lipinski definition) is 4. The average molecular weight is 298 g/mol. The van der Waals surface area contributed by atoms with Crippen LogP contribution in [0.25, 0.3) is 22.8 Å². The molecule has 0 saturated heterocycles. The fourth-order valence-corrected chi connectivity index (χ4v) is 2.61. The summed E-state index contributed by atoms with van der Waals surface area (Å²) < 4.78 is 5.38. The minimum absolute atomic E-state index is 0.537. The summed E-state index contributed by atoms with van der Waals surface area (Å²) in [5.41, 5.74) is 4.46. The maximum Gasteiger partial charge on any atom is 0.258 e. The third-order valence-electron chi connectivity index (χ3n) is 3.61. The molecule has 0 bridgehead atoms. The van der Waals surface area contributed by atoms with Crippen LogP contribution in [0.15, 0.2) is 47.0 Å². The third kappa shape index (κ3) is 2.33. The highest BCUT2D eigenvalue weighted by Gasteiger charge is 2.15. The molecule has 5 heteroatoms. The zero-order chi connectivity index (χ0) is 14.2. The Hall–Kier alpha value is -2.17. The Morgan fingerprint density at radius 1 is 0.952 bits per heavy atom. The van der Waals surface area contributed by atoms with Gasteiger partial charge in [0.15, 0.2) is 0 Å². The van der Waals surface area contributed by atoms with Crippen LogP contribution in [0.1, 0.15) is 11.1 Å². The summed E-state index contributed by atoms with van der Waals surface area (Å²) in [4.78, 5) is 4.46. The molecule has 0 aliphatic carbocycles. The quantitative estimate of drug-likeness (QED) is 0.784. The SMILES string of the molecule is Clc1ccc(-c2noc(-c3ccc4c(c3)CNC4)n2)cc1. The van der Waals surface area contributed by atoms with E-state index in [1.807, 2.05) is 30.3 Å². The van der Waals surface area contributed by atoms with Gasteiger partial charge >= 0.3 is 0 Å². The summed E-state index contributed by atoms with van der Waals surface area (Å²) >= 11 is 5.88. The zero-order valence-electron chi connectivity index (χ0n) is 11.1. The van der Waals surface area contributed by atoms with E-state index in [0.29, 0.717) is 16.7 Å². The van der Waals surface area contributed by atoms with E-state index in [2.05, 4.69) is 27.6 Å². The molecule has 104 valence electrons. The molecule has 0 radical (unpaired) electrons. The monoisotopic (exact) mass is 297 g/mol. The molecule has 1 aliphatic heterocycles. The Morgan fingerprint density at radius 2 is 1.71 bits per heavy atom. The van der Waals surface area contributed by atoms with Crippen molar-refractivity contribution >= 4 is 11.6 Å². The number of fused-ring (bicyclic) bond motifs is 1. The lowest BCUT2D eigenvalue weighted by atomic mass is 10.1. The fourth-order valence-electron chi connectivity index (χ4n) is 2.48. The Balaban J connectivity index is 1.69. The van der Waals surface area contributed by atoms with Crippen LogP contribution in [-0.2, 0) is 13.1 Å². The van der Waals surface area contributed by atoms with Gasteiger partial charge in [0.2, 0.25) is 5.82 Å². The van der Waals surface area contributed by atoms with Crippen molar-refractivity contribution in [2.75, 3.05) is 0 Å². The number of benzene rings is 2. The van der Waals surface area contributed by atoms with Crippen molar-refractivity contribution in [3.63, 3.8) is 0 Å². The summed E-state index contributed by atoms with van der Waals surface area (Å²) in [5.74, 6) is 1.11. The van der Waals surface area contributed by atoms with E-state index in [4.69, 9.17) is 16.1 Å². The maximum atomic E-state index is 5.88. The van der Waals surface area contributed by atoms with Gasteiger partial charge in [-0.15, -0.1) is 0 Å². The van der Waals surface area contributed by atoms with Crippen molar-refractivity contribution in [1.29, 1.82) is 0 Å². The molecule has 4 rings (SSSR count). The molecule has 2 heterocycles. The van der Waals surface area contributed by atoms with Crippen molar-refractivity contribution in [3.05, 3.63) is 58.6 Å². The highest BCUT2D eigenvalue weighted by Crippen LogP contribution is 2.26. The van der Waals surface area contributed by atoms with Gasteiger partial charge in [0, 0.05) is 29.2 Å². The molecule has 0 spiro atoms. The predicted molar refractivity (Wildman–Crippen MR) is 80.7 cm³/mol. The first-order chi connectivity index (χ1) is 10.3. The summed E-state index contributed by atoms with van der Waals surface area (Å²) in [6, 6.07) is 13.6. The molecule has 21 heavy (non-hydrogen) atoms. The lowest BCUT2D eigenvalue weighted by Crippen LogP contribution is -1.99. The molecule has 1 aromatic heterocycles. The molecule has 0 fully saturated rings. The van der Waals surface area contributed by atoms with E-state index in [1.165, 1.54) is 11.1 Å². The lowest BCUT2D eigenvalue weighted by Gasteiger charge is -1.99. The summed E-state index contributed by atoms with van der Waals surface area (Å²) in [7, 11) is 0. The van der Waals surface area contributed by atoms with E-state index >= 15 is 0 Å². The van der Waals surface area contributed by atoms with Crippen molar-refractivity contribution in [2.24, 2.45) is 0 Å². The highest BCUT2D eigenvalue weighted by atomic mass is 35.5. The molecule has 0 atom stereocenters. The molecule has 3 aromatic rings. The van der Waals surface area contributed by atoms with Gasteiger partial charge in [-0.25, -0.2) is 0 Å². The summed E-state index contributed by atoms with van der Waals surface area (Å²) in [6.07, 6.45) is 0. The van der Waals surface area contributed by atoms with E-state index in [1.54, 1.807) is 0 Å². The number of aromatic nitrogens is 2. The first kappa shape index (κ1) is 12.6. The third-order valence-corrected chi connectivity index (χ3v) is 3.86. The van der Waals surface area contributed by atoms with E-state index < -0.39 is 0 Å². The molecule has 0 amide bonds. The zero-order valence-corrected chi connectivity index (χ0v) is 11.9. The number of nitrogens with zero attached hydrogens (tertiary/aromatic N) is 2. The van der Waals surface area contributed by atoms with Gasteiger partial charge in [-0.1, -0.05) is 22.8 Å². The van der Waals surface area contributed by atoms with Crippen LogP contribution in [0, 0.1) is 0 Å². The molecule has 4 nitrogen and oxygen atoms in total. The van der Waals surface area contributed by atoms with Crippen LogP contribution in [0.2, 0.25) is 5.02 Å². The Bertz CT molecular complexity index is 796. The van der Waals surface area contributed by atoms with Gasteiger partial charge < -0.3 is 9.84 Å². The number of hydrogen-bond donors (Lipinski definition) is 1. The van der Waals surface area contributed by atoms with Crippen LogP contribution >= 0.6 is 11.6 Å². The second-order valence-electron chi connectivity index (χ2n) is 5.02. The normalized spacial score (nSPS) is 13.4. The summed E-state index contributed by atoms with van der Waals surface area (Å²) in [5, 5.41) is 8.05. The fraction of sp³-hybridized carbons (Fsp3) is 0.125. The van der Waals surface area contributed by atoms with Gasteiger partial charge in [0.05, 0.1) is 0 Å². The number of nitrogens with one attached hydrogen (secondary N) is 1. The molecule has 2 aromatic carbocycles. The number of rotatable bonds is 2. The Labute approximate surface area is 126 Å². The first-order valence-electron chi connectivity index (χ1n) is 6.72. The second-order valence-corrected chi connectivity index (χ2v) is 5.45. The van der Waals surface area contributed by atoms with Gasteiger partial charge in [-0.2, -0.15) is 4.98 Å². The minimum atomic E-state index is 0.537. The molecule has 0 saturated carbocycles. The smallest absolute Gasteiger partial charge is 0.258 e. The molecular weight excluding hydrogens is 286 g/mol. The van der Waals surface area contributed by atoms with Gasteiger partial charge in [-0.3, -0.25) is 0 Å². The summed E-state index contributed by atoms with van der Waals surface area (Å²) in [6.45, 7) is 1.82. The van der Waals surface area contributed by atoms with Gasteiger partial charge in [0.25, 0.3) is 5.89 Å². The topological polar surface area (TPSA) is 51.0 Å². The lowest BCUT2D eigenvalue weighted by molar-refractivity contribution is 0.432. The molecule has 0 unspecified atom stereocenters. The van der Waals surface area contributed by atoms with Gasteiger partial charge in [-0.05, 0) is 47.5 Å². The van der Waals surface area contributed by atoms with E-state index in [9.17, 15) is 0 Å². The largest absolute Gasteiger partial charge is 0.334 e. The van der Waals surface area contributed by atoms with Crippen molar-refractivity contribution in [2.45, 2.75) is 13.1 Å². The van der Waals surface area contributed by atoms with Crippen LogP contribution in [-0.4, -0.2) is 10.1 Å². The van der Waals surface area contributed by atoms with Crippen LogP contribution in [0.4, 0.5) is 0 Å². The van der Waals surface area contributed by atoms with Crippen LogP contribution in [0.5, 0.6) is 0 Å². The average Bonchev–Trinajstić information content (AvgIpc) is 3.16. The molecular formula is C16H12ClN3O. The predicted octanol–water partition coefficient (Wildman–Crippen LogP) is 3.66. The van der Waals surface area contributed by atoms with Crippen molar-refractivity contribution in [1.82, 2.24) is 15.5 Å². The maximum absolute atomic E-state index is 5.88. The number of halogens is 1.